The molecule has 0 spiro atoms. The number of rotatable bonds is 5. The lowest BCUT2D eigenvalue weighted by molar-refractivity contribution is -0.119. The molecular weight excluding hydrogens is 306 g/mol. The van der Waals surface area contributed by atoms with Gasteiger partial charge in [-0.3, -0.25) is 4.79 Å². The molecule has 2 rings (SSSR count). The summed E-state index contributed by atoms with van der Waals surface area (Å²) in [6, 6.07) is 5.67. The third kappa shape index (κ3) is 4.01. The summed E-state index contributed by atoms with van der Waals surface area (Å²) < 4.78 is 6.85. The summed E-state index contributed by atoms with van der Waals surface area (Å²) >= 11 is 0. The van der Waals surface area contributed by atoms with Crippen molar-refractivity contribution in [3.8, 4) is 0 Å². The van der Waals surface area contributed by atoms with E-state index in [1.807, 2.05) is 46.8 Å². The smallest absolute Gasteiger partial charge is 0.339 e. The number of aryl methyl sites for hydroxylation is 3. The molecule has 0 aliphatic carbocycles. The molecule has 0 unspecified atom stereocenters. The van der Waals surface area contributed by atoms with E-state index in [0.717, 1.165) is 16.7 Å². The summed E-state index contributed by atoms with van der Waals surface area (Å²) in [6.45, 7) is 9.28. The summed E-state index contributed by atoms with van der Waals surface area (Å²) in [5, 5.41) is 6.84. The molecule has 0 atom stereocenters. The first-order valence-electron chi connectivity index (χ1n) is 7.88. The molecule has 6 heteroatoms. The zero-order valence-electron chi connectivity index (χ0n) is 14.7. The minimum absolute atomic E-state index is 0.121. The van der Waals surface area contributed by atoms with Crippen LogP contribution in [-0.4, -0.2) is 28.3 Å². The van der Waals surface area contributed by atoms with Crippen molar-refractivity contribution in [3.05, 3.63) is 46.6 Å². The van der Waals surface area contributed by atoms with Crippen molar-refractivity contribution in [1.29, 1.82) is 0 Å². The van der Waals surface area contributed by atoms with Crippen LogP contribution in [0, 0.1) is 20.8 Å². The summed E-state index contributed by atoms with van der Waals surface area (Å²) in [4.78, 5) is 24.3. The molecule has 1 aromatic heterocycles. The Labute approximate surface area is 141 Å². The molecular formula is C18H23N3O3. The van der Waals surface area contributed by atoms with Gasteiger partial charge in [0.15, 0.2) is 6.61 Å². The van der Waals surface area contributed by atoms with Gasteiger partial charge in [-0.1, -0.05) is 17.7 Å². The van der Waals surface area contributed by atoms with E-state index in [2.05, 4.69) is 10.4 Å². The number of carbonyl (C=O) groups is 2. The van der Waals surface area contributed by atoms with Crippen LogP contribution >= 0.6 is 0 Å². The molecule has 0 radical (unpaired) electrons. The highest BCUT2D eigenvalue weighted by Crippen LogP contribution is 2.17. The number of hydrogen-bond donors (Lipinski definition) is 1. The maximum atomic E-state index is 12.3. The van der Waals surface area contributed by atoms with E-state index in [4.69, 9.17) is 4.74 Å². The lowest BCUT2D eigenvalue weighted by Gasteiger charge is -2.13. The topological polar surface area (TPSA) is 73.2 Å². The molecule has 1 aromatic carbocycles. The van der Waals surface area contributed by atoms with Crippen LogP contribution in [0.3, 0.4) is 0 Å². The number of carbonyl (C=O) groups excluding carboxylic acids is 2. The Kier molecular flexibility index (Phi) is 5.39. The van der Waals surface area contributed by atoms with Gasteiger partial charge >= 0.3 is 5.97 Å². The summed E-state index contributed by atoms with van der Waals surface area (Å²) in [5.74, 6) is -0.306. The Morgan fingerprint density at radius 2 is 1.83 bits per heavy atom. The fraction of sp³-hybridized carbons (Fsp3) is 0.389. The highest BCUT2D eigenvalue weighted by atomic mass is 16.5. The zero-order chi connectivity index (χ0) is 17.9. The van der Waals surface area contributed by atoms with E-state index < -0.39 is 11.9 Å². The molecule has 1 amide bonds. The van der Waals surface area contributed by atoms with Crippen LogP contribution in [0.15, 0.2) is 24.4 Å². The van der Waals surface area contributed by atoms with Gasteiger partial charge in [-0.25, -0.2) is 9.48 Å². The van der Waals surface area contributed by atoms with Crippen molar-refractivity contribution in [2.75, 3.05) is 11.9 Å². The van der Waals surface area contributed by atoms with Crippen molar-refractivity contribution in [1.82, 2.24) is 9.78 Å². The second-order valence-corrected chi connectivity index (χ2v) is 6.15. The number of ether oxygens (including phenoxy) is 1. The van der Waals surface area contributed by atoms with E-state index in [-0.39, 0.29) is 12.6 Å². The molecule has 2 aromatic rings. The Morgan fingerprint density at radius 3 is 2.42 bits per heavy atom. The maximum absolute atomic E-state index is 12.3. The van der Waals surface area contributed by atoms with Gasteiger partial charge in [0.2, 0.25) is 0 Å². The van der Waals surface area contributed by atoms with E-state index in [0.29, 0.717) is 11.4 Å². The molecule has 1 heterocycles. The Bertz CT molecular complexity index is 740. The average molecular weight is 329 g/mol. The van der Waals surface area contributed by atoms with E-state index in [9.17, 15) is 9.59 Å². The van der Waals surface area contributed by atoms with Gasteiger partial charge in [0.25, 0.3) is 5.91 Å². The van der Waals surface area contributed by atoms with Gasteiger partial charge < -0.3 is 10.1 Å². The van der Waals surface area contributed by atoms with E-state index in [1.165, 1.54) is 0 Å². The Hall–Kier alpha value is -2.63. The number of esters is 1. The number of hydrogen-bond acceptors (Lipinski definition) is 4. The standard InChI is InChI=1S/C18H23N3O3/c1-11(2)21-15(6-7-19-21)20-16(22)10-24-18(23)17-13(4)8-12(3)9-14(17)5/h6-9,11H,10H2,1-5H3,(H,20,22). The average Bonchev–Trinajstić information content (AvgIpc) is 2.92. The van der Waals surface area contributed by atoms with Crippen LogP contribution in [0.25, 0.3) is 0 Å². The lowest BCUT2D eigenvalue weighted by Crippen LogP contribution is -2.23. The van der Waals surface area contributed by atoms with Crippen molar-refractivity contribution in [2.45, 2.75) is 40.7 Å². The van der Waals surface area contributed by atoms with Crippen molar-refractivity contribution in [2.24, 2.45) is 0 Å². The minimum atomic E-state index is -0.488. The first kappa shape index (κ1) is 17.7. The maximum Gasteiger partial charge on any atom is 0.339 e. The van der Waals surface area contributed by atoms with Crippen molar-refractivity contribution >= 4 is 17.7 Å². The summed E-state index contributed by atoms with van der Waals surface area (Å²) in [6.07, 6.45) is 1.61. The number of anilines is 1. The molecule has 0 bridgehead atoms. The zero-order valence-corrected chi connectivity index (χ0v) is 14.7. The normalized spacial score (nSPS) is 10.8. The van der Waals surface area contributed by atoms with Crippen LogP contribution in [0.4, 0.5) is 5.82 Å². The molecule has 24 heavy (non-hydrogen) atoms. The third-order valence-corrected chi connectivity index (χ3v) is 3.64. The molecule has 0 aliphatic rings. The molecule has 0 saturated carbocycles. The van der Waals surface area contributed by atoms with Crippen LogP contribution < -0.4 is 5.32 Å². The first-order valence-corrected chi connectivity index (χ1v) is 7.88. The molecule has 1 N–H and O–H groups in total. The van der Waals surface area contributed by atoms with Gasteiger partial charge in [-0.15, -0.1) is 0 Å². The first-order chi connectivity index (χ1) is 11.3. The summed E-state index contributed by atoms with van der Waals surface area (Å²) in [7, 11) is 0. The second-order valence-electron chi connectivity index (χ2n) is 6.15. The number of nitrogens with zero attached hydrogens (tertiary/aromatic N) is 2. The highest BCUT2D eigenvalue weighted by molar-refractivity contribution is 5.96. The SMILES string of the molecule is Cc1cc(C)c(C(=O)OCC(=O)Nc2ccnn2C(C)C)c(C)c1. The van der Waals surface area contributed by atoms with Crippen LogP contribution in [0.1, 0.15) is 46.9 Å². The number of benzene rings is 1. The summed E-state index contributed by atoms with van der Waals surface area (Å²) in [5.41, 5.74) is 3.29. The van der Waals surface area contributed by atoms with Gasteiger partial charge in [0, 0.05) is 12.1 Å². The largest absolute Gasteiger partial charge is 0.452 e. The molecule has 0 fully saturated rings. The Balaban J connectivity index is 1.99. The van der Waals surface area contributed by atoms with Gasteiger partial charge in [-0.2, -0.15) is 5.10 Å². The predicted molar refractivity (Wildman–Crippen MR) is 92.2 cm³/mol. The monoisotopic (exact) mass is 329 g/mol. The fourth-order valence-electron chi connectivity index (χ4n) is 2.71. The molecule has 128 valence electrons. The van der Waals surface area contributed by atoms with Gasteiger partial charge in [0.05, 0.1) is 11.8 Å². The van der Waals surface area contributed by atoms with Crippen LogP contribution in [0.2, 0.25) is 0 Å². The second kappa shape index (κ2) is 7.29. The van der Waals surface area contributed by atoms with Crippen LogP contribution in [0.5, 0.6) is 0 Å². The Morgan fingerprint density at radius 1 is 1.21 bits per heavy atom. The van der Waals surface area contributed by atoms with E-state index >= 15 is 0 Å². The number of amides is 1. The lowest BCUT2D eigenvalue weighted by atomic mass is 10.00. The highest BCUT2D eigenvalue weighted by Gasteiger charge is 2.16. The van der Waals surface area contributed by atoms with Crippen LogP contribution in [-0.2, 0) is 9.53 Å². The molecule has 6 nitrogen and oxygen atoms in total. The minimum Gasteiger partial charge on any atom is -0.452 e. The molecule has 0 aliphatic heterocycles. The number of nitrogens with one attached hydrogen (secondary N) is 1. The quantitative estimate of drug-likeness (QED) is 0.855. The van der Waals surface area contributed by atoms with Crippen molar-refractivity contribution < 1.29 is 14.3 Å². The van der Waals surface area contributed by atoms with Gasteiger partial charge in [0.1, 0.15) is 5.82 Å². The predicted octanol–water partition coefficient (Wildman–Crippen LogP) is 3.18. The van der Waals surface area contributed by atoms with Gasteiger partial charge in [-0.05, 0) is 45.7 Å². The van der Waals surface area contributed by atoms with E-state index in [1.54, 1.807) is 16.9 Å². The third-order valence-electron chi connectivity index (χ3n) is 3.64. The molecule has 0 saturated heterocycles. The number of aromatic nitrogens is 2. The van der Waals surface area contributed by atoms with Crippen molar-refractivity contribution in [3.63, 3.8) is 0 Å². The fourth-order valence-corrected chi connectivity index (χ4v) is 2.71.